The highest BCUT2D eigenvalue weighted by Gasteiger charge is 2.41. The summed E-state index contributed by atoms with van der Waals surface area (Å²) in [5, 5.41) is 5.41. The van der Waals surface area contributed by atoms with Crippen molar-refractivity contribution in [2.24, 2.45) is 0 Å². The Morgan fingerprint density at radius 1 is 1.25 bits per heavy atom. The molecule has 1 fully saturated rings. The normalized spacial score (nSPS) is 17.9. The Kier molecular flexibility index (Phi) is 5.39. The number of carbonyl (C=O) groups is 2. The van der Waals surface area contributed by atoms with E-state index in [0.29, 0.717) is 48.8 Å². The fraction of sp³-hybridized carbons (Fsp3) is 0.300. The number of hydroxylamine groups is 1. The van der Waals surface area contributed by atoms with Crippen molar-refractivity contribution in [3.63, 3.8) is 0 Å². The van der Waals surface area contributed by atoms with E-state index in [4.69, 9.17) is 16.4 Å². The van der Waals surface area contributed by atoms with Crippen molar-refractivity contribution < 1.29 is 14.4 Å². The lowest BCUT2D eigenvalue weighted by atomic mass is 9.90. The lowest BCUT2D eigenvalue weighted by Crippen LogP contribution is -2.46. The minimum atomic E-state index is -0.555. The summed E-state index contributed by atoms with van der Waals surface area (Å²) in [4.78, 5) is 33.7. The SMILES string of the molecule is O=C(NCc1cccs1)C1=CC2(CCN(C(=O)c3cccc(Cl)c3)CC2)ON1. The minimum Gasteiger partial charge on any atom is -0.346 e. The van der Waals surface area contributed by atoms with E-state index in [9.17, 15) is 9.59 Å². The molecule has 2 aliphatic rings. The first-order valence-corrected chi connectivity index (χ1v) is 10.3. The molecule has 1 spiro atoms. The smallest absolute Gasteiger partial charge is 0.269 e. The van der Waals surface area contributed by atoms with Gasteiger partial charge in [-0.25, -0.2) is 0 Å². The van der Waals surface area contributed by atoms with Crippen LogP contribution in [0.2, 0.25) is 5.02 Å². The molecule has 0 radical (unpaired) electrons. The van der Waals surface area contributed by atoms with Gasteiger partial charge in [-0.05, 0) is 35.7 Å². The van der Waals surface area contributed by atoms with Gasteiger partial charge in [-0.15, -0.1) is 11.3 Å². The summed E-state index contributed by atoms with van der Waals surface area (Å²) in [5.41, 5.74) is 3.21. The minimum absolute atomic E-state index is 0.0406. The number of benzene rings is 1. The molecule has 2 aromatic rings. The molecule has 1 aromatic carbocycles. The van der Waals surface area contributed by atoms with Crippen molar-refractivity contribution >= 4 is 34.8 Å². The van der Waals surface area contributed by atoms with Gasteiger partial charge in [-0.1, -0.05) is 23.7 Å². The van der Waals surface area contributed by atoms with Crippen LogP contribution < -0.4 is 10.8 Å². The second-order valence-corrected chi connectivity index (χ2v) is 8.36. The number of nitrogens with one attached hydrogen (secondary N) is 2. The van der Waals surface area contributed by atoms with E-state index in [-0.39, 0.29) is 11.8 Å². The summed E-state index contributed by atoms with van der Waals surface area (Å²) >= 11 is 7.59. The van der Waals surface area contributed by atoms with Crippen LogP contribution in [0, 0.1) is 0 Å². The third-order valence-corrected chi connectivity index (χ3v) is 6.10. The first kappa shape index (κ1) is 19.0. The number of hydrogen-bond donors (Lipinski definition) is 2. The second-order valence-electron chi connectivity index (χ2n) is 6.89. The molecule has 8 heteroatoms. The molecule has 4 rings (SSSR count). The lowest BCUT2D eigenvalue weighted by Gasteiger charge is -2.36. The second kappa shape index (κ2) is 7.95. The van der Waals surface area contributed by atoms with Crippen molar-refractivity contribution in [3.8, 4) is 0 Å². The van der Waals surface area contributed by atoms with Gasteiger partial charge in [0, 0.05) is 41.4 Å². The Morgan fingerprint density at radius 2 is 2.07 bits per heavy atom. The van der Waals surface area contributed by atoms with E-state index in [2.05, 4.69) is 10.8 Å². The zero-order chi connectivity index (χ0) is 19.6. The third kappa shape index (κ3) is 4.06. The van der Waals surface area contributed by atoms with Crippen LogP contribution in [0.25, 0.3) is 0 Å². The maximum atomic E-state index is 12.7. The summed E-state index contributed by atoms with van der Waals surface area (Å²) in [6.07, 6.45) is 3.08. The molecular weight excluding hydrogens is 398 g/mol. The van der Waals surface area contributed by atoms with E-state index in [1.165, 1.54) is 0 Å². The molecule has 0 saturated carbocycles. The van der Waals surface area contributed by atoms with Gasteiger partial charge >= 0.3 is 0 Å². The van der Waals surface area contributed by atoms with Gasteiger partial charge in [-0.3, -0.25) is 19.9 Å². The predicted octanol–water partition coefficient (Wildman–Crippen LogP) is 3.11. The van der Waals surface area contributed by atoms with Gasteiger partial charge in [0.1, 0.15) is 11.3 Å². The van der Waals surface area contributed by atoms with Crippen molar-refractivity contribution in [3.05, 3.63) is 69.0 Å². The summed E-state index contributed by atoms with van der Waals surface area (Å²) in [6.45, 7) is 1.59. The highest BCUT2D eigenvalue weighted by molar-refractivity contribution is 7.09. The van der Waals surface area contributed by atoms with Gasteiger partial charge in [-0.2, -0.15) is 0 Å². The van der Waals surface area contributed by atoms with Crippen LogP contribution in [0.15, 0.2) is 53.6 Å². The largest absolute Gasteiger partial charge is 0.346 e. The molecule has 0 bridgehead atoms. The number of thiophene rings is 1. The first-order valence-electron chi connectivity index (χ1n) is 9.07. The Bertz CT molecular complexity index is 905. The number of nitrogens with zero attached hydrogens (tertiary/aromatic N) is 1. The number of rotatable bonds is 4. The van der Waals surface area contributed by atoms with Crippen LogP contribution >= 0.6 is 22.9 Å². The standard InChI is InChI=1S/C20H20ClN3O3S/c21-15-4-1-3-14(11-15)19(26)24-8-6-20(7-9-24)12-17(23-27-20)18(25)22-13-16-5-2-10-28-16/h1-5,10-12,23H,6-9,13H2,(H,22,25). The molecule has 6 nitrogen and oxygen atoms in total. The van der Waals surface area contributed by atoms with Gasteiger partial charge in [0.05, 0.1) is 6.54 Å². The number of halogens is 1. The van der Waals surface area contributed by atoms with Crippen LogP contribution in [-0.4, -0.2) is 35.4 Å². The Labute approximate surface area is 172 Å². The lowest BCUT2D eigenvalue weighted by molar-refractivity contribution is -0.120. The molecule has 146 valence electrons. The summed E-state index contributed by atoms with van der Waals surface area (Å²) in [7, 11) is 0. The molecule has 1 aromatic heterocycles. The maximum Gasteiger partial charge on any atom is 0.269 e. The Hall–Kier alpha value is -2.35. The molecule has 3 heterocycles. The third-order valence-electron chi connectivity index (χ3n) is 4.99. The van der Waals surface area contributed by atoms with Crippen molar-refractivity contribution in [1.29, 1.82) is 0 Å². The highest BCUT2D eigenvalue weighted by atomic mass is 35.5. The zero-order valence-corrected chi connectivity index (χ0v) is 16.7. The Morgan fingerprint density at radius 3 is 2.79 bits per heavy atom. The van der Waals surface area contributed by atoms with E-state index in [1.807, 2.05) is 23.6 Å². The molecule has 0 unspecified atom stereocenters. The van der Waals surface area contributed by atoms with Crippen LogP contribution in [-0.2, 0) is 16.2 Å². The van der Waals surface area contributed by atoms with Gasteiger partial charge in [0.2, 0.25) is 0 Å². The van der Waals surface area contributed by atoms with Crippen molar-refractivity contribution in [1.82, 2.24) is 15.7 Å². The number of likely N-dealkylation sites (tertiary alicyclic amines) is 1. The number of hydrogen-bond acceptors (Lipinski definition) is 5. The van der Waals surface area contributed by atoms with Gasteiger partial charge in [0.15, 0.2) is 0 Å². The zero-order valence-electron chi connectivity index (χ0n) is 15.1. The fourth-order valence-corrected chi connectivity index (χ4v) is 4.24. The van der Waals surface area contributed by atoms with Gasteiger partial charge in [0.25, 0.3) is 11.8 Å². The molecule has 0 aliphatic carbocycles. The van der Waals surface area contributed by atoms with E-state index in [1.54, 1.807) is 40.5 Å². The molecule has 0 atom stereocenters. The molecule has 2 N–H and O–H groups in total. The Balaban J connectivity index is 1.35. The maximum absolute atomic E-state index is 12.7. The van der Waals surface area contributed by atoms with Crippen molar-refractivity contribution in [2.75, 3.05) is 13.1 Å². The van der Waals surface area contributed by atoms with E-state index < -0.39 is 5.60 Å². The molecule has 28 heavy (non-hydrogen) atoms. The van der Waals surface area contributed by atoms with Gasteiger partial charge < -0.3 is 10.2 Å². The number of piperidine rings is 1. The molecule has 1 saturated heterocycles. The average molecular weight is 418 g/mol. The monoisotopic (exact) mass is 417 g/mol. The predicted molar refractivity (Wildman–Crippen MR) is 108 cm³/mol. The van der Waals surface area contributed by atoms with E-state index in [0.717, 1.165) is 4.88 Å². The van der Waals surface area contributed by atoms with E-state index >= 15 is 0 Å². The molecule has 2 amide bonds. The molecule has 2 aliphatic heterocycles. The van der Waals surface area contributed by atoms with Crippen LogP contribution in [0.4, 0.5) is 0 Å². The first-order chi connectivity index (χ1) is 13.5. The summed E-state index contributed by atoms with van der Waals surface area (Å²) < 4.78 is 0. The highest BCUT2D eigenvalue weighted by Crippen LogP contribution is 2.32. The summed E-state index contributed by atoms with van der Waals surface area (Å²) in [5.74, 6) is -0.232. The summed E-state index contributed by atoms with van der Waals surface area (Å²) in [6, 6.07) is 10.9. The fourth-order valence-electron chi connectivity index (χ4n) is 3.41. The van der Waals surface area contributed by atoms with Crippen LogP contribution in [0.3, 0.4) is 0 Å². The molecular formula is C20H20ClN3O3S. The number of carbonyl (C=O) groups excluding carboxylic acids is 2. The average Bonchev–Trinajstić information content (AvgIpc) is 3.37. The van der Waals surface area contributed by atoms with Crippen LogP contribution in [0.1, 0.15) is 28.1 Å². The van der Waals surface area contributed by atoms with Crippen molar-refractivity contribution in [2.45, 2.75) is 25.0 Å². The number of amides is 2. The quantitative estimate of drug-likeness (QED) is 0.801. The van der Waals surface area contributed by atoms with Crippen LogP contribution in [0.5, 0.6) is 0 Å². The topological polar surface area (TPSA) is 70.7 Å².